The number of hydrogen-bond acceptors (Lipinski definition) is 4. The average molecular weight is 451 g/mol. The molecule has 3 aliphatic rings. The van der Waals surface area contributed by atoms with Gasteiger partial charge in [-0.25, -0.2) is 4.79 Å². The molecule has 1 unspecified atom stereocenters. The standard InChI is InChI=1S/C25H30N4O4/c1-25(2,3)27-24(33)28-13-11-16(12-14-28)7-8-17-5-4-6-18-19(17)15-29(23(18)32)20-9-10-21(30)26-22(20)31/h4-6,16,20H,9-15H2,1-3H3,(H,27,33)(H,26,30,31). The summed E-state index contributed by atoms with van der Waals surface area (Å²) >= 11 is 0. The number of amides is 5. The van der Waals surface area contributed by atoms with Crippen molar-refractivity contribution in [3.63, 3.8) is 0 Å². The zero-order valence-electron chi connectivity index (χ0n) is 19.4. The molecule has 0 saturated carbocycles. The van der Waals surface area contributed by atoms with E-state index in [0.29, 0.717) is 31.6 Å². The van der Waals surface area contributed by atoms with E-state index >= 15 is 0 Å². The van der Waals surface area contributed by atoms with Crippen molar-refractivity contribution in [3.05, 3.63) is 34.9 Å². The first-order valence-electron chi connectivity index (χ1n) is 11.5. The lowest BCUT2D eigenvalue weighted by Gasteiger charge is -2.32. The highest BCUT2D eigenvalue weighted by atomic mass is 16.2. The van der Waals surface area contributed by atoms with Gasteiger partial charge in [-0.1, -0.05) is 17.9 Å². The van der Waals surface area contributed by atoms with Gasteiger partial charge in [-0.15, -0.1) is 0 Å². The lowest BCUT2D eigenvalue weighted by Crippen LogP contribution is -2.52. The number of piperidine rings is 2. The van der Waals surface area contributed by atoms with Crippen LogP contribution in [0.2, 0.25) is 0 Å². The van der Waals surface area contributed by atoms with Crippen molar-refractivity contribution in [1.82, 2.24) is 20.4 Å². The number of carbonyl (C=O) groups excluding carboxylic acids is 4. The zero-order chi connectivity index (χ0) is 23.8. The van der Waals surface area contributed by atoms with Crippen LogP contribution in [0.25, 0.3) is 0 Å². The quantitative estimate of drug-likeness (QED) is 0.505. The third kappa shape index (κ3) is 5.03. The first-order chi connectivity index (χ1) is 15.6. The topological polar surface area (TPSA) is 98.8 Å². The number of hydrogen-bond donors (Lipinski definition) is 2. The van der Waals surface area contributed by atoms with Crippen LogP contribution in [0.4, 0.5) is 4.79 Å². The second kappa shape index (κ2) is 8.89. The summed E-state index contributed by atoms with van der Waals surface area (Å²) in [5, 5.41) is 5.33. The summed E-state index contributed by atoms with van der Waals surface area (Å²) in [5.41, 5.74) is 1.94. The van der Waals surface area contributed by atoms with Crippen LogP contribution in [0.3, 0.4) is 0 Å². The molecule has 0 spiro atoms. The minimum absolute atomic E-state index is 0.0400. The van der Waals surface area contributed by atoms with Crippen molar-refractivity contribution in [2.75, 3.05) is 13.1 Å². The normalized spacial score (nSPS) is 21.3. The van der Waals surface area contributed by atoms with Crippen LogP contribution in [0.5, 0.6) is 0 Å². The molecule has 8 heteroatoms. The molecule has 1 atom stereocenters. The average Bonchev–Trinajstić information content (AvgIpc) is 3.08. The number of imide groups is 1. The van der Waals surface area contributed by atoms with E-state index in [4.69, 9.17) is 0 Å². The fraction of sp³-hybridized carbons (Fsp3) is 0.520. The Morgan fingerprint density at radius 2 is 1.85 bits per heavy atom. The van der Waals surface area contributed by atoms with Crippen molar-refractivity contribution < 1.29 is 19.2 Å². The Balaban J connectivity index is 1.42. The van der Waals surface area contributed by atoms with Gasteiger partial charge in [0, 0.05) is 48.6 Å². The van der Waals surface area contributed by atoms with Gasteiger partial charge in [0.25, 0.3) is 5.91 Å². The number of urea groups is 1. The van der Waals surface area contributed by atoms with Gasteiger partial charge >= 0.3 is 6.03 Å². The Labute approximate surface area is 194 Å². The molecule has 2 fully saturated rings. The maximum Gasteiger partial charge on any atom is 0.317 e. The SMILES string of the molecule is CC(C)(C)NC(=O)N1CCC(C#Cc2cccc3c2CN(C2CCC(=O)NC2=O)C3=O)CC1. The molecule has 174 valence electrons. The molecular weight excluding hydrogens is 420 g/mol. The molecule has 0 aliphatic carbocycles. The summed E-state index contributed by atoms with van der Waals surface area (Å²) in [7, 11) is 0. The summed E-state index contributed by atoms with van der Waals surface area (Å²) in [4.78, 5) is 52.4. The number of nitrogens with zero attached hydrogens (tertiary/aromatic N) is 2. The van der Waals surface area contributed by atoms with Crippen molar-refractivity contribution in [3.8, 4) is 11.8 Å². The monoisotopic (exact) mass is 450 g/mol. The molecule has 1 aromatic rings. The van der Waals surface area contributed by atoms with Gasteiger partial charge in [0.05, 0.1) is 0 Å². The van der Waals surface area contributed by atoms with Gasteiger partial charge in [-0.3, -0.25) is 19.7 Å². The highest BCUT2D eigenvalue weighted by Crippen LogP contribution is 2.29. The van der Waals surface area contributed by atoms with E-state index in [0.717, 1.165) is 24.0 Å². The van der Waals surface area contributed by atoms with Crippen LogP contribution in [-0.4, -0.2) is 58.2 Å². The first-order valence-corrected chi connectivity index (χ1v) is 11.5. The number of rotatable bonds is 1. The second-order valence-electron chi connectivity index (χ2n) is 9.94. The smallest absolute Gasteiger partial charge is 0.317 e. The molecule has 33 heavy (non-hydrogen) atoms. The van der Waals surface area contributed by atoms with Gasteiger partial charge in [0.15, 0.2) is 0 Å². The van der Waals surface area contributed by atoms with Crippen LogP contribution in [0, 0.1) is 17.8 Å². The Hall–Kier alpha value is -3.34. The van der Waals surface area contributed by atoms with Crippen LogP contribution < -0.4 is 10.6 Å². The molecular formula is C25H30N4O4. The van der Waals surface area contributed by atoms with Crippen molar-refractivity contribution in [2.24, 2.45) is 5.92 Å². The van der Waals surface area contributed by atoms with E-state index in [1.165, 1.54) is 0 Å². The minimum atomic E-state index is -0.632. The number of fused-ring (bicyclic) bond motifs is 1. The predicted molar refractivity (Wildman–Crippen MR) is 122 cm³/mol. The molecule has 8 nitrogen and oxygen atoms in total. The summed E-state index contributed by atoms with van der Waals surface area (Å²) < 4.78 is 0. The summed E-state index contributed by atoms with van der Waals surface area (Å²) in [6.45, 7) is 7.54. The summed E-state index contributed by atoms with van der Waals surface area (Å²) in [6, 6.07) is 4.81. The van der Waals surface area contributed by atoms with Gasteiger partial charge < -0.3 is 15.1 Å². The molecule has 2 saturated heterocycles. The van der Waals surface area contributed by atoms with E-state index in [2.05, 4.69) is 22.5 Å². The molecule has 0 bridgehead atoms. The Morgan fingerprint density at radius 1 is 1.12 bits per heavy atom. The fourth-order valence-electron chi connectivity index (χ4n) is 4.51. The van der Waals surface area contributed by atoms with Crippen LogP contribution in [0.15, 0.2) is 18.2 Å². The lowest BCUT2D eigenvalue weighted by molar-refractivity contribution is -0.136. The summed E-state index contributed by atoms with van der Waals surface area (Å²) in [5.74, 6) is 5.87. The maximum atomic E-state index is 12.9. The highest BCUT2D eigenvalue weighted by molar-refractivity contribution is 6.05. The molecule has 4 rings (SSSR count). The molecule has 0 radical (unpaired) electrons. The van der Waals surface area contributed by atoms with Crippen LogP contribution in [0.1, 0.15) is 67.9 Å². The fourth-order valence-corrected chi connectivity index (χ4v) is 4.51. The third-order valence-electron chi connectivity index (χ3n) is 6.26. The number of benzene rings is 1. The zero-order valence-corrected chi connectivity index (χ0v) is 19.4. The van der Waals surface area contributed by atoms with Crippen molar-refractivity contribution in [1.29, 1.82) is 0 Å². The summed E-state index contributed by atoms with van der Waals surface area (Å²) in [6.07, 6.45) is 2.18. The molecule has 1 aromatic carbocycles. The Morgan fingerprint density at radius 3 is 2.52 bits per heavy atom. The van der Waals surface area contributed by atoms with Crippen LogP contribution >= 0.6 is 0 Å². The van der Waals surface area contributed by atoms with Gasteiger partial charge in [0.2, 0.25) is 11.8 Å². The van der Waals surface area contributed by atoms with Gasteiger partial charge in [-0.05, 0) is 57.7 Å². The maximum absolute atomic E-state index is 12.9. The number of likely N-dealkylation sites (tertiary alicyclic amines) is 1. The highest BCUT2D eigenvalue weighted by Gasteiger charge is 2.39. The lowest BCUT2D eigenvalue weighted by atomic mass is 9.96. The van der Waals surface area contributed by atoms with Crippen molar-refractivity contribution in [2.45, 2.75) is 64.6 Å². The Kier molecular flexibility index (Phi) is 6.15. The van der Waals surface area contributed by atoms with E-state index in [-0.39, 0.29) is 35.7 Å². The van der Waals surface area contributed by atoms with Gasteiger partial charge in [0.1, 0.15) is 6.04 Å². The molecule has 3 aliphatic heterocycles. The molecule has 3 heterocycles. The van der Waals surface area contributed by atoms with E-state index in [1.807, 2.05) is 37.8 Å². The van der Waals surface area contributed by atoms with Crippen molar-refractivity contribution >= 4 is 23.8 Å². The predicted octanol–water partition coefficient (Wildman–Crippen LogP) is 2.02. The molecule has 0 aromatic heterocycles. The second-order valence-corrected chi connectivity index (χ2v) is 9.94. The largest absolute Gasteiger partial charge is 0.333 e. The third-order valence-corrected chi connectivity index (χ3v) is 6.26. The van der Waals surface area contributed by atoms with Crippen LogP contribution in [-0.2, 0) is 16.1 Å². The van der Waals surface area contributed by atoms with E-state index in [1.54, 1.807) is 11.0 Å². The minimum Gasteiger partial charge on any atom is -0.333 e. The first kappa shape index (κ1) is 22.8. The van der Waals surface area contributed by atoms with E-state index in [9.17, 15) is 19.2 Å². The molecule has 2 N–H and O–H groups in total. The number of nitrogens with one attached hydrogen (secondary N) is 2. The molecule has 5 amide bonds. The Bertz CT molecular complexity index is 1050. The van der Waals surface area contributed by atoms with Gasteiger partial charge in [-0.2, -0.15) is 0 Å². The van der Waals surface area contributed by atoms with E-state index < -0.39 is 11.9 Å². The number of carbonyl (C=O) groups is 4.